The number of benzene rings is 1. The van der Waals surface area contributed by atoms with Gasteiger partial charge in [-0.2, -0.15) is 5.26 Å². The Hall–Kier alpha value is -1.69. The molecule has 3 nitrogen and oxygen atoms in total. The van der Waals surface area contributed by atoms with Crippen LogP contribution in [0.4, 0.5) is 11.4 Å². The van der Waals surface area contributed by atoms with Crippen LogP contribution in [0.15, 0.2) is 18.2 Å². The number of nitriles is 1. The summed E-state index contributed by atoms with van der Waals surface area (Å²) in [5, 5.41) is 9.08. The van der Waals surface area contributed by atoms with Gasteiger partial charge in [0.1, 0.15) is 6.07 Å². The van der Waals surface area contributed by atoms with Crippen molar-refractivity contribution in [2.45, 2.75) is 26.8 Å². The van der Waals surface area contributed by atoms with E-state index in [0.29, 0.717) is 23.2 Å². The van der Waals surface area contributed by atoms with Crippen molar-refractivity contribution in [3.05, 3.63) is 23.8 Å². The molecule has 1 unspecified atom stereocenters. The maximum atomic E-state index is 9.08. The molecule has 2 N–H and O–H groups in total. The number of nitrogen functional groups attached to an aromatic ring is 1. The van der Waals surface area contributed by atoms with E-state index in [9.17, 15) is 0 Å². The molecule has 0 saturated heterocycles. The molecule has 0 heterocycles. The first-order chi connectivity index (χ1) is 7.47. The van der Waals surface area contributed by atoms with Gasteiger partial charge in [-0.1, -0.05) is 13.8 Å². The van der Waals surface area contributed by atoms with Crippen molar-refractivity contribution in [3.63, 3.8) is 0 Å². The van der Waals surface area contributed by atoms with E-state index < -0.39 is 0 Å². The lowest BCUT2D eigenvalue weighted by molar-refractivity contribution is 0.505. The van der Waals surface area contributed by atoms with E-state index in [1.165, 1.54) is 0 Å². The molecule has 1 aromatic rings. The van der Waals surface area contributed by atoms with Crippen LogP contribution in [0.1, 0.15) is 26.3 Å². The minimum atomic E-state index is 0.385. The number of rotatable bonds is 3. The molecule has 0 aliphatic carbocycles. The van der Waals surface area contributed by atoms with Gasteiger partial charge in [0, 0.05) is 18.8 Å². The van der Waals surface area contributed by atoms with Crippen molar-refractivity contribution in [2.24, 2.45) is 5.92 Å². The van der Waals surface area contributed by atoms with Gasteiger partial charge >= 0.3 is 0 Å². The van der Waals surface area contributed by atoms with Gasteiger partial charge in [-0.05, 0) is 31.0 Å². The normalized spacial score (nSPS) is 12.2. The third-order valence-corrected chi connectivity index (χ3v) is 3.10. The zero-order valence-electron chi connectivity index (χ0n) is 10.4. The second-order valence-corrected chi connectivity index (χ2v) is 4.48. The Morgan fingerprint density at radius 2 is 1.94 bits per heavy atom. The monoisotopic (exact) mass is 217 g/mol. The highest BCUT2D eigenvalue weighted by molar-refractivity contribution is 5.64. The van der Waals surface area contributed by atoms with Crippen molar-refractivity contribution in [3.8, 4) is 6.07 Å². The Morgan fingerprint density at radius 3 is 2.44 bits per heavy atom. The van der Waals surface area contributed by atoms with Crippen LogP contribution in [-0.4, -0.2) is 13.1 Å². The molecule has 1 aromatic carbocycles. The minimum Gasteiger partial charge on any atom is -0.399 e. The van der Waals surface area contributed by atoms with Gasteiger partial charge in [-0.25, -0.2) is 0 Å². The standard InChI is InChI=1S/C13H19N3/c1-9(2)10(3)16(4)13-6-5-12(15)7-11(13)8-14/h5-7,9-10H,15H2,1-4H3. The second kappa shape index (κ2) is 4.89. The molecule has 1 atom stereocenters. The summed E-state index contributed by atoms with van der Waals surface area (Å²) in [7, 11) is 2.01. The fraction of sp³-hybridized carbons (Fsp3) is 0.462. The Labute approximate surface area is 97.5 Å². The van der Waals surface area contributed by atoms with Crippen LogP contribution in [0.2, 0.25) is 0 Å². The summed E-state index contributed by atoms with van der Waals surface area (Å²) in [4.78, 5) is 2.13. The number of nitrogens with zero attached hydrogens (tertiary/aromatic N) is 2. The van der Waals surface area contributed by atoms with E-state index in [0.717, 1.165) is 5.69 Å². The molecule has 0 radical (unpaired) electrons. The van der Waals surface area contributed by atoms with E-state index in [1.807, 2.05) is 19.2 Å². The molecule has 16 heavy (non-hydrogen) atoms. The molecular weight excluding hydrogens is 198 g/mol. The van der Waals surface area contributed by atoms with E-state index in [-0.39, 0.29) is 0 Å². The number of anilines is 2. The zero-order chi connectivity index (χ0) is 12.3. The maximum Gasteiger partial charge on any atom is 0.101 e. The molecule has 0 aromatic heterocycles. The molecule has 86 valence electrons. The molecule has 0 amide bonds. The van der Waals surface area contributed by atoms with E-state index in [4.69, 9.17) is 11.0 Å². The van der Waals surface area contributed by atoms with E-state index >= 15 is 0 Å². The van der Waals surface area contributed by atoms with Crippen molar-refractivity contribution in [2.75, 3.05) is 17.7 Å². The fourth-order valence-electron chi connectivity index (χ4n) is 1.62. The van der Waals surface area contributed by atoms with E-state index in [1.54, 1.807) is 6.07 Å². The summed E-state index contributed by atoms with van der Waals surface area (Å²) >= 11 is 0. The third-order valence-electron chi connectivity index (χ3n) is 3.10. The highest BCUT2D eigenvalue weighted by Gasteiger charge is 2.16. The van der Waals surface area contributed by atoms with Gasteiger partial charge in [0.2, 0.25) is 0 Å². The molecule has 1 rings (SSSR count). The lowest BCUT2D eigenvalue weighted by Gasteiger charge is -2.30. The van der Waals surface area contributed by atoms with Gasteiger partial charge in [0.25, 0.3) is 0 Å². The summed E-state index contributed by atoms with van der Waals surface area (Å²) in [6.45, 7) is 6.50. The molecule has 0 fully saturated rings. The van der Waals surface area contributed by atoms with Gasteiger partial charge in [-0.15, -0.1) is 0 Å². The average Bonchev–Trinajstić information content (AvgIpc) is 2.26. The Kier molecular flexibility index (Phi) is 3.78. The highest BCUT2D eigenvalue weighted by atomic mass is 15.1. The minimum absolute atomic E-state index is 0.385. The smallest absolute Gasteiger partial charge is 0.101 e. The van der Waals surface area contributed by atoms with Gasteiger partial charge in [-0.3, -0.25) is 0 Å². The summed E-state index contributed by atoms with van der Waals surface area (Å²) in [6.07, 6.45) is 0. The summed E-state index contributed by atoms with van der Waals surface area (Å²) in [6, 6.07) is 8.04. The predicted octanol–water partition coefficient (Wildman–Crippen LogP) is 2.62. The summed E-state index contributed by atoms with van der Waals surface area (Å²) in [5.74, 6) is 0.536. The quantitative estimate of drug-likeness (QED) is 0.792. The first-order valence-electron chi connectivity index (χ1n) is 5.49. The van der Waals surface area contributed by atoms with Crippen molar-refractivity contribution >= 4 is 11.4 Å². The van der Waals surface area contributed by atoms with Crippen LogP contribution in [-0.2, 0) is 0 Å². The highest BCUT2D eigenvalue weighted by Crippen LogP contribution is 2.24. The molecule has 0 aliphatic rings. The number of hydrogen-bond donors (Lipinski definition) is 1. The molecule has 0 aliphatic heterocycles. The van der Waals surface area contributed by atoms with Crippen LogP contribution < -0.4 is 10.6 Å². The lowest BCUT2D eigenvalue weighted by atomic mass is 10.0. The van der Waals surface area contributed by atoms with E-state index in [2.05, 4.69) is 31.7 Å². The second-order valence-electron chi connectivity index (χ2n) is 4.48. The van der Waals surface area contributed by atoms with Crippen LogP contribution in [0.3, 0.4) is 0 Å². The molecule has 0 saturated carbocycles. The lowest BCUT2D eigenvalue weighted by Crippen LogP contribution is -2.33. The van der Waals surface area contributed by atoms with Crippen molar-refractivity contribution in [1.29, 1.82) is 5.26 Å². The first kappa shape index (κ1) is 12.4. The summed E-state index contributed by atoms with van der Waals surface area (Å²) in [5.41, 5.74) is 7.88. The fourth-order valence-corrected chi connectivity index (χ4v) is 1.62. The van der Waals surface area contributed by atoms with Crippen LogP contribution in [0.25, 0.3) is 0 Å². The largest absolute Gasteiger partial charge is 0.399 e. The van der Waals surface area contributed by atoms with Crippen LogP contribution in [0.5, 0.6) is 0 Å². The van der Waals surface area contributed by atoms with Crippen LogP contribution >= 0.6 is 0 Å². The Balaban J connectivity index is 3.09. The topological polar surface area (TPSA) is 53.0 Å². The average molecular weight is 217 g/mol. The molecular formula is C13H19N3. The predicted molar refractivity (Wildman–Crippen MR) is 68.3 cm³/mol. The first-order valence-corrected chi connectivity index (χ1v) is 5.49. The SMILES string of the molecule is CC(C)C(C)N(C)c1ccc(N)cc1C#N. The molecule has 0 spiro atoms. The Morgan fingerprint density at radius 1 is 1.31 bits per heavy atom. The zero-order valence-corrected chi connectivity index (χ0v) is 10.4. The van der Waals surface area contributed by atoms with Gasteiger partial charge < -0.3 is 10.6 Å². The number of nitrogens with two attached hydrogens (primary N) is 1. The third kappa shape index (κ3) is 2.46. The molecule has 0 bridgehead atoms. The van der Waals surface area contributed by atoms with Gasteiger partial charge in [0.05, 0.1) is 11.3 Å². The van der Waals surface area contributed by atoms with Crippen LogP contribution in [0, 0.1) is 17.2 Å². The van der Waals surface area contributed by atoms with Crippen molar-refractivity contribution < 1.29 is 0 Å². The Bertz CT molecular complexity index is 404. The summed E-state index contributed by atoms with van der Waals surface area (Å²) < 4.78 is 0. The number of hydrogen-bond acceptors (Lipinski definition) is 3. The molecule has 3 heteroatoms. The van der Waals surface area contributed by atoms with Crippen molar-refractivity contribution in [1.82, 2.24) is 0 Å². The van der Waals surface area contributed by atoms with Gasteiger partial charge in [0.15, 0.2) is 0 Å². The maximum absolute atomic E-state index is 9.08.